The zero-order chi connectivity index (χ0) is 28.2. The summed E-state index contributed by atoms with van der Waals surface area (Å²) in [5, 5.41) is 0. The van der Waals surface area contributed by atoms with Crippen molar-refractivity contribution < 1.29 is 19.1 Å². The number of anilines is 2. The minimum absolute atomic E-state index is 0.143. The first-order valence-electron chi connectivity index (χ1n) is 15.4. The quantitative estimate of drug-likeness (QED) is 0.139. The Morgan fingerprint density at radius 3 is 1.32 bits per heavy atom. The van der Waals surface area contributed by atoms with E-state index in [2.05, 4.69) is 13.8 Å². The average molecular weight is 547 g/mol. The molecule has 0 unspecified atom stereocenters. The predicted octanol–water partition coefficient (Wildman–Crippen LogP) is 8.27. The second kappa shape index (κ2) is 15.7. The fourth-order valence-corrected chi connectivity index (χ4v) is 5.56. The van der Waals surface area contributed by atoms with E-state index < -0.39 is 0 Å². The smallest absolute Gasteiger partial charge is 0.213 e. The van der Waals surface area contributed by atoms with Crippen LogP contribution >= 0.6 is 0 Å². The van der Waals surface area contributed by atoms with E-state index in [1.807, 2.05) is 58.3 Å². The Labute approximate surface area is 240 Å². The van der Waals surface area contributed by atoms with Gasteiger partial charge in [0.2, 0.25) is 11.6 Å². The van der Waals surface area contributed by atoms with Gasteiger partial charge in [0.1, 0.15) is 24.9 Å². The Bertz CT molecular complexity index is 1070. The SMILES string of the molecule is CCCCCCCCOCN1/C(=C2\C(=O)c3ccccc3N2COCCCCCCCC)C(=O)c2ccccc21. The number of nitrogens with zero attached hydrogens (tertiary/aromatic N) is 2. The molecule has 4 rings (SSSR count). The number of ether oxygens (including phenoxy) is 2. The molecule has 2 aromatic carbocycles. The van der Waals surface area contributed by atoms with E-state index in [4.69, 9.17) is 9.47 Å². The second-order valence-electron chi connectivity index (χ2n) is 10.9. The normalized spacial score (nSPS) is 16.2. The summed E-state index contributed by atoms with van der Waals surface area (Å²) in [6.07, 6.45) is 14.3. The topological polar surface area (TPSA) is 59.1 Å². The summed E-state index contributed by atoms with van der Waals surface area (Å²) in [4.78, 5) is 31.4. The van der Waals surface area contributed by atoms with Gasteiger partial charge in [-0.15, -0.1) is 0 Å². The molecule has 0 aromatic heterocycles. The third-order valence-corrected chi connectivity index (χ3v) is 7.80. The summed E-state index contributed by atoms with van der Waals surface area (Å²) in [5.41, 5.74) is 3.54. The van der Waals surface area contributed by atoms with E-state index in [1.165, 1.54) is 51.4 Å². The van der Waals surface area contributed by atoms with E-state index in [0.717, 1.165) is 37.1 Å². The number of hydrogen-bond donors (Lipinski definition) is 0. The van der Waals surface area contributed by atoms with Crippen molar-refractivity contribution in [3.63, 3.8) is 0 Å². The Morgan fingerprint density at radius 1 is 0.525 bits per heavy atom. The van der Waals surface area contributed by atoms with Crippen LogP contribution in [0.5, 0.6) is 0 Å². The Balaban J connectivity index is 1.50. The summed E-state index contributed by atoms with van der Waals surface area (Å²) in [7, 11) is 0. The third-order valence-electron chi connectivity index (χ3n) is 7.80. The van der Waals surface area contributed by atoms with Crippen molar-refractivity contribution in [2.75, 3.05) is 36.5 Å². The molecule has 0 atom stereocenters. The number of unbranched alkanes of at least 4 members (excludes halogenated alkanes) is 10. The summed E-state index contributed by atoms with van der Waals surface area (Å²) >= 11 is 0. The molecule has 216 valence electrons. The van der Waals surface area contributed by atoms with Crippen molar-refractivity contribution in [1.29, 1.82) is 0 Å². The molecule has 0 saturated carbocycles. The minimum Gasteiger partial charge on any atom is -0.361 e. The molecule has 0 spiro atoms. The van der Waals surface area contributed by atoms with Crippen LogP contribution in [0.15, 0.2) is 59.9 Å². The van der Waals surface area contributed by atoms with Crippen LogP contribution in [0, 0.1) is 0 Å². The van der Waals surface area contributed by atoms with E-state index in [0.29, 0.717) is 35.7 Å². The number of hydrogen-bond acceptors (Lipinski definition) is 6. The average Bonchev–Trinajstić information content (AvgIpc) is 3.41. The van der Waals surface area contributed by atoms with Gasteiger partial charge in [-0.3, -0.25) is 9.59 Å². The zero-order valence-electron chi connectivity index (χ0n) is 24.5. The van der Waals surface area contributed by atoms with Crippen LogP contribution in [0.2, 0.25) is 0 Å². The van der Waals surface area contributed by atoms with Gasteiger partial charge in [0.25, 0.3) is 0 Å². The molecule has 2 aliphatic rings. The van der Waals surface area contributed by atoms with Crippen molar-refractivity contribution >= 4 is 22.9 Å². The number of rotatable bonds is 18. The number of carbonyl (C=O) groups is 2. The van der Waals surface area contributed by atoms with E-state index >= 15 is 0 Å². The van der Waals surface area contributed by atoms with Crippen LogP contribution in [0.4, 0.5) is 11.4 Å². The fraction of sp³-hybridized carbons (Fsp3) is 0.529. The van der Waals surface area contributed by atoms with Gasteiger partial charge in [-0.05, 0) is 37.1 Å². The minimum atomic E-state index is -0.143. The maximum atomic E-state index is 13.8. The van der Waals surface area contributed by atoms with Gasteiger partial charge in [-0.1, -0.05) is 102 Å². The molecule has 0 amide bonds. The van der Waals surface area contributed by atoms with Crippen molar-refractivity contribution in [3.8, 4) is 0 Å². The van der Waals surface area contributed by atoms with Gasteiger partial charge in [0.05, 0.1) is 11.4 Å². The lowest BCUT2D eigenvalue weighted by Crippen LogP contribution is -2.33. The summed E-state index contributed by atoms with van der Waals surface area (Å²) in [6, 6.07) is 15.1. The van der Waals surface area contributed by atoms with Crippen LogP contribution in [0.3, 0.4) is 0 Å². The van der Waals surface area contributed by atoms with Gasteiger partial charge in [-0.25, -0.2) is 0 Å². The molecule has 0 saturated heterocycles. The molecule has 0 bridgehead atoms. The molecule has 0 N–H and O–H groups in total. The van der Waals surface area contributed by atoms with Crippen molar-refractivity contribution in [1.82, 2.24) is 0 Å². The maximum Gasteiger partial charge on any atom is 0.213 e. The second-order valence-corrected chi connectivity index (χ2v) is 10.9. The number of fused-ring (bicyclic) bond motifs is 2. The number of allylic oxidation sites excluding steroid dienone is 2. The van der Waals surface area contributed by atoms with E-state index in [1.54, 1.807) is 0 Å². The summed E-state index contributed by atoms with van der Waals surface area (Å²) in [6.45, 7) is 6.16. The van der Waals surface area contributed by atoms with Gasteiger partial charge in [0.15, 0.2) is 0 Å². The lowest BCUT2D eigenvalue weighted by molar-refractivity contribution is 0.0982. The molecule has 0 fully saturated rings. The lowest BCUT2D eigenvalue weighted by Gasteiger charge is -2.26. The molecule has 2 heterocycles. The van der Waals surface area contributed by atoms with Crippen LogP contribution in [-0.4, -0.2) is 38.2 Å². The molecular formula is C34H46N2O4. The molecule has 0 aliphatic carbocycles. The first kappa shape index (κ1) is 30.0. The molecule has 2 aromatic rings. The van der Waals surface area contributed by atoms with Gasteiger partial charge < -0.3 is 19.3 Å². The number of para-hydroxylation sites is 2. The van der Waals surface area contributed by atoms with Gasteiger partial charge in [0, 0.05) is 24.3 Å². The first-order valence-corrected chi connectivity index (χ1v) is 15.4. The monoisotopic (exact) mass is 546 g/mol. The number of benzene rings is 2. The number of ketones is 2. The first-order chi connectivity index (χ1) is 19.7. The van der Waals surface area contributed by atoms with Crippen molar-refractivity contribution in [2.24, 2.45) is 0 Å². The molecule has 40 heavy (non-hydrogen) atoms. The summed E-state index contributed by atoms with van der Waals surface area (Å²) < 4.78 is 12.2. The Kier molecular flexibility index (Phi) is 11.8. The Morgan fingerprint density at radius 2 is 0.900 bits per heavy atom. The molecule has 6 heteroatoms. The number of carbonyl (C=O) groups excluding carboxylic acids is 2. The molecule has 6 nitrogen and oxygen atoms in total. The highest BCUT2D eigenvalue weighted by Crippen LogP contribution is 2.42. The van der Waals surface area contributed by atoms with Crippen molar-refractivity contribution in [2.45, 2.75) is 90.9 Å². The van der Waals surface area contributed by atoms with Gasteiger partial charge >= 0.3 is 0 Å². The lowest BCUT2D eigenvalue weighted by atomic mass is 10.1. The third kappa shape index (κ3) is 7.21. The standard InChI is InChI=1S/C34H46N2O4/c1-3-5-7-9-11-17-23-39-25-35-29-21-15-13-19-27(29)33(37)31(35)32-34(38)28-20-14-16-22-30(28)36(32)26-40-24-18-12-10-8-6-4-2/h13-16,19-22H,3-12,17-18,23-26H2,1-2H3/b32-31+. The van der Waals surface area contributed by atoms with E-state index in [-0.39, 0.29) is 25.0 Å². The van der Waals surface area contributed by atoms with Crippen LogP contribution < -0.4 is 9.80 Å². The van der Waals surface area contributed by atoms with Gasteiger partial charge in [-0.2, -0.15) is 0 Å². The van der Waals surface area contributed by atoms with Crippen LogP contribution in [-0.2, 0) is 9.47 Å². The molecular weight excluding hydrogens is 500 g/mol. The highest BCUT2D eigenvalue weighted by molar-refractivity contribution is 6.28. The Hall–Kier alpha value is -2.96. The van der Waals surface area contributed by atoms with E-state index in [9.17, 15) is 9.59 Å². The fourth-order valence-electron chi connectivity index (χ4n) is 5.56. The highest BCUT2D eigenvalue weighted by atomic mass is 16.5. The zero-order valence-corrected chi connectivity index (χ0v) is 24.5. The molecule has 2 aliphatic heterocycles. The summed E-state index contributed by atoms with van der Waals surface area (Å²) in [5.74, 6) is -0.285. The largest absolute Gasteiger partial charge is 0.361 e. The van der Waals surface area contributed by atoms with Crippen LogP contribution in [0.1, 0.15) is 112 Å². The number of Topliss-reactive ketones (excluding diaryl/α,β-unsaturated/α-hetero) is 2. The van der Waals surface area contributed by atoms with Crippen LogP contribution in [0.25, 0.3) is 0 Å². The van der Waals surface area contributed by atoms with Crippen molar-refractivity contribution in [3.05, 3.63) is 71.1 Å². The molecule has 0 radical (unpaired) electrons. The highest BCUT2D eigenvalue weighted by Gasteiger charge is 2.42. The maximum absolute atomic E-state index is 13.8. The predicted molar refractivity (Wildman–Crippen MR) is 162 cm³/mol.